The zero-order valence-corrected chi connectivity index (χ0v) is 16.6. The Morgan fingerprint density at radius 1 is 1.29 bits per heavy atom. The van der Waals surface area contributed by atoms with E-state index in [0.29, 0.717) is 23.0 Å². The molecule has 0 unspecified atom stereocenters. The second-order valence-corrected chi connectivity index (χ2v) is 7.21. The van der Waals surface area contributed by atoms with Crippen LogP contribution < -0.4 is 20.5 Å². The lowest BCUT2D eigenvalue weighted by molar-refractivity contribution is -0.380. The third kappa shape index (κ3) is 4.81. The molecule has 3 aromatic rings. The minimum Gasteiger partial charge on any atom is -0.345 e. The van der Waals surface area contributed by atoms with Crippen molar-refractivity contribution in [3.8, 4) is 11.4 Å². The number of H-pyrrole nitrogens is 2. The average molecular weight is 436 g/mol. The summed E-state index contributed by atoms with van der Waals surface area (Å²) in [7, 11) is 0. The summed E-state index contributed by atoms with van der Waals surface area (Å²) >= 11 is 0. The van der Waals surface area contributed by atoms with E-state index in [2.05, 4.69) is 35.2 Å². The molecule has 0 aliphatic carbocycles. The van der Waals surface area contributed by atoms with E-state index >= 15 is 0 Å². The molecule has 0 bridgehead atoms. The van der Waals surface area contributed by atoms with Crippen LogP contribution in [0.25, 0.3) is 22.4 Å². The SMILES string of the molecule is C[C@H](Nc1nc(-c2c[nH]c3nc[nH+]cc23)nc(N2CCCC2)n1)C(=O)NCC(F)(F)F. The molecule has 1 aliphatic rings. The highest BCUT2D eigenvalue weighted by Crippen LogP contribution is 2.27. The van der Waals surface area contributed by atoms with Crippen molar-refractivity contribution in [2.45, 2.75) is 32.0 Å². The predicted molar refractivity (Wildman–Crippen MR) is 105 cm³/mol. The fourth-order valence-electron chi connectivity index (χ4n) is 3.29. The third-order valence-corrected chi connectivity index (χ3v) is 4.85. The molecule has 4 heterocycles. The Kier molecular flexibility index (Phi) is 5.57. The van der Waals surface area contributed by atoms with Gasteiger partial charge in [0.2, 0.25) is 17.8 Å². The van der Waals surface area contributed by atoms with Gasteiger partial charge in [-0.25, -0.2) is 4.98 Å². The summed E-state index contributed by atoms with van der Waals surface area (Å²) in [6, 6.07) is -0.984. The van der Waals surface area contributed by atoms with E-state index in [0.717, 1.165) is 31.3 Å². The highest BCUT2D eigenvalue weighted by atomic mass is 19.4. The van der Waals surface area contributed by atoms with Gasteiger partial charge >= 0.3 is 6.18 Å². The third-order valence-electron chi connectivity index (χ3n) is 4.85. The predicted octanol–water partition coefficient (Wildman–Crippen LogP) is 1.31. The van der Waals surface area contributed by atoms with Crippen molar-refractivity contribution in [3.63, 3.8) is 0 Å². The van der Waals surface area contributed by atoms with Crippen molar-refractivity contribution in [2.24, 2.45) is 0 Å². The normalized spacial score (nSPS) is 15.3. The van der Waals surface area contributed by atoms with E-state index in [4.69, 9.17) is 0 Å². The first kappa shape index (κ1) is 20.8. The molecular formula is C18H21F3N9O+. The van der Waals surface area contributed by atoms with Gasteiger partial charge in [-0.05, 0) is 24.7 Å². The number of amides is 1. The molecule has 13 heteroatoms. The van der Waals surface area contributed by atoms with Gasteiger partial charge in [0.1, 0.15) is 18.8 Å². The number of hydrogen-bond donors (Lipinski definition) is 3. The molecule has 1 saturated heterocycles. The van der Waals surface area contributed by atoms with Crippen LogP contribution >= 0.6 is 0 Å². The largest absolute Gasteiger partial charge is 0.405 e. The molecule has 0 aromatic carbocycles. The lowest BCUT2D eigenvalue weighted by Crippen LogP contribution is -2.42. The highest BCUT2D eigenvalue weighted by molar-refractivity contribution is 5.90. The quantitative estimate of drug-likeness (QED) is 0.532. The van der Waals surface area contributed by atoms with Gasteiger partial charge in [-0.1, -0.05) is 0 Å². The first-order valence-corrected chi connectivity index (χ1v) is 9.76. The van der Waals surface area contributed by atoms with E-state index in [1.54, 1.807) is 18.7 Å². The van der Waals surface area contributed by atoms with E-state index in [1.807, 2.05) is 10.2 Å². The Hall–Kier alpha value is -3.51. The number of alkyl halides is 3. The number of aromatic nitrogens is 6. The molecule has 1 aliphatic heterocycles. The molecule has 4 N–H and O–H groups in total. The van der Waals surface area contributed by atoms with Crippen LogP contribution in [-0.4, -0.2) is 62.7 Å². The van der Waals surface area contributed by atoms with Gasteiger partial charge < -0.3 is 20.5 Å². The van der Waals surface area contributed by atoms with Crippen LogP contribution in [0, 0.1) is 0 Å². The van der Waals surface area contributed by atoms with Crippen molar-refractivity contribution >= 4 is 28.8 Å². The van der Waals surface area contributed by atoms with E-state index < -0.39 is 24.7 Å². The van der Waals surface area contributed by atoms with E-state index in [-0.39, 0.29) is 5.95 Å². The fraction of sp³-hybridized carbons (Fsp3) is 0.444. The summed E-state index contributed by atoms with van der Waals surface area (Å²) in [5.74, 6) is 0.0850. The van der Waals surface area contributed by atoms with Crippen LogP contribution in [0.3, 0.4) is 0 Å². The summed E-state index contributed by atoms with van der Waals surface area (Å²) in [5.41, 5.74) is 1.32. The molecule has 31 heavy (non-hydrogen) atoms. The van der Waals surface area contributed by atoms with Crippen molar-refractivity contribution in [1.29, 1.82) is 0 Å². The fourth-order valence-corrected chi connectivity index (χ4v) is 3.29. The number of aromatic amines is 2. The lowest BCUT2D eigenvalue weighted by atomic mass is 10.2. The van der Waals surface area contributed by atoms with Gasteiger partial charge in [-0.2, -0.15) is 28.1 Å². The second-order valence-electron chi connectivity index (χ2n) is 7.21. The number of fused-ring (bicyclic) bond motifs is 1. The molecule has 1 atom stereocenters. The first-order chi connectivity index (χ1) is 14.8. The molecule has 3 aromatic heterocycles. The summed E-state index contributed by atoms with van der Waals surface area (Å²) in [4.78, 5) is 37.6. The molecule has 0 saturated carbocycles. The Bertz CT molecular complexity index is 1080. The van der Waals surface area contributed by atoms with Gasteiger partial charge in [-0.3, -0.25) is 4.79 Å². The second kappa shape index (κ2) is 8.32. The molecule has 0 spiro atoms. The highest BCUT2D eigenvalue weighted by Gasteiger charge is 2.29. The van der Waals surface area contributed by atoms with E-state index in [1.165, 1.54) is 6.92 Å². The number of rotatable bonds is 6. The standard InChI is InChI=1S/C18H20F3N9O/c1-10(15(31)24-8-18(19,20)21)26-16-27-14(28-17(29-16)30-4-2-3-5-30)12-7-23-13-11(12)6-22-9-25-13/h6-7,9-10H,2-5,8H2,1H3,(H,24,31)(H,22,23,25)(H,26,27,28,29)/p+1/t10-/m0/s1. The van der Waals surface area contributed by atoms with Gasteiger partial charge in [-0.15, -0.1) is 0 Å². The van der Waals surface area contributed by atoms with Crippen LogP contribution in [0.5, 0.6) is 0 Å². The molecule has 1 amide bonds. The first-order valence-electron chi connectivity index (χ1n) is 9.76. The Balaban J connectivity index is 1.63. The number of halogens is 3. The molecule has 10 nitrogen and oxygen atoms in total. The lowest BCUT2D eigenvalue weighted by Gasteiger charge is -2.19. The monoisotopic (exact) mass is 436 g/mol. The summed E-state index contributed by atoms with van der Waals surface area (Å²) in [5, 5.41) is 5.41. The van der Waals surface area contributed by atoms with Gasteiger partial charge in [0.25, 0.3) is 12.0 Å². The number of carbonyl (C=O) groups is 1. The van der Waals surface area contributed by atoms with Gasteiger partial charge in [0, 0.05) is 19.3 Å². The van der Waals surface area contributed by atoms with Crippen LogP contribution in [0.2, 0.25) is 0 Å². The molecule has 4 rings (SSSR count). The summed E-state index contributed by atoms with van der Waals surface area (Å²) in [6.45, 7) is 1.61. The molecule has 164 valence electrons. The number of hydrogen-bond acceptors (Lipinski definition) is 7. The minimum atomic E-state index is -4.49. The van der Waals surface area contributed by atoms with Gasteiger partial charge in [0.15, 0.2) is 5.82 Å². The molecular weight excluding hydrogens is 415 g/mol. The minimum absolute atomic E-state index is 0.101. The maximum absolute atomic E-state index is 12.4. The Morgan fingerprint density at radius 3 is 2.81 bits per heavy atom. The zero-order valence-electron chi connectivity index (χ0n) is 16.6. The smallest absolute Gasteiger partial charge is 0.345 e. The summed E-state index contributed by atoms with van der Waals surface area (Å²) in [6.07, 6.45) is 2.54. The van der Waals surface area contributed by atoms with Gasteiger partial charge in [0.05, 0.1) is 10.9 Å². The zero-order chi connectivity index (χ0) is 22.0. The Labute approximate surface area is 174 Å². The van der Waals surface area contributed by atoms with Crippen molar-refractivity contribution in [1.82, 2.24) is 30.2 Å². The van der Waals surface area contributed by atoms with Crippen LogP contribution in [0.4, 0.5) is 25.1 Å². The van der Waals surface area contributed by atoms with Crippen LogP contribution in [0.15, 0.2) is 18.7 Å². The Morgan fingerprint density at radius 2 is 2.06 bits per heavy atom. The van der Waals surface area contributed by atoms with Crippen molar-refractivity contribution in [2.75, 3.05) is 29.9 Å². The van der Waals surface area contributed by atoms with E-state index in [9.17, 15) is 18.0 Å². The molecule has 1 fully saturated rings. The maximum atomic E-state index is 12.4. The van der Waals surface area contributed by atoms with Crippen molar-refractivity contribution < 1.29 is 22.9 Å². The number of anilines is 2. The number of nitrogens with zero attached hydrogens (tertiary/aromatic N) is 5. The van der Waals surface area contributed by atoms with Crippen LogP contribution in [-0.2, 0) is 4.79 Å². The topological polar surface area (TPSA) is 126 Å². The average Bonchev–Trinajstić information content (AvgIpc) is 3.41. The maximum Gasteiger partial charge on any atom is 0.405 e. The van der Waals surface area contributed by atoms with Crippen molar-refractivity contribution in [3.05, 3.63) is 18.7 Å². The van der Waals surface area contributed by atoms with Crippen LogP contribution in [0.1, 0.15) is 19.8 Å². The number of carbonyl (C=O) groups excluding carboxylic acids is 1. The number of nitrogens with one attached hydrogen (secondary N) is 4. The summed E-state index contributed by atoms with van der Waals surface area (Å²) < 4.78 is 37.2. The molecule has 0 radical (unpaired) electrons.